The van der Waals surface area contributed by atoms with Gasteiger partial charge < -0.3 is 10.0 Å². The van der Waals surface area contributed by atoms with E-state index in [-0.39, 0.29) is 19.2 Å². The first kappa shape index (κ1) is 10.8. The van der Waals surface area contributed by atoms with Gasteiger partial charge in [0.25, 0.3) is 0 Å². The Morgan fingerprint density at radius 3 is 3.19 bits per heavy atom. The van der Waals surface area contributed by atoms with Gasteiger partial charge in [-0.1, -0.05) is 0 Å². The molecule has 0 amide bonds. The second kappa shape index (κ2) is 4.45. The van der Waals surface area contributed by atoms with Gasteiger partial charge in [-0.05, 0) is 12.1 Å². The Morgan fingerprint density at radius 1 is 1.69 bits per heavy atom. The number of alkyl halides is 1. The molecule has 0 saturated carbocycles. The van der Waals surface area contributed by atoms with Crippen LogP contribution in [0, 0.1) is 11.3 Å². The molecule has 2 heterocycles. The molecule has 2 rings (SSSR count). The topological polar surface area (TPSA) is 60.2 Å². The summed E-state index contributed by atoms with van der Waals surface area (Å²) in [5.41, 5.74) is 1.04. The number of aliphatic hydroxyl groups excluding tert-OH is 1. The fourth-order valence-electron chi connectivity index (χ4n) is 2.01. The number of aromatic nitrogens is 1. The summed E-state index contributed by atoms with van der Waals surface area (Å²) in [5.74, 6) is 0. The van der Waals surface area contributed by atoms with E-state index in [1.807, 2.05) is 6.07 Å². The summed E-state index contributed by atoms with van der Waals surface area (Å²) in [6.45, 7) is 0.185. The van der Waals surface area contributed by atoms with E-state index in [0.29, 0.717) is 12.1 Å². The van der Waals surface area contributed by atoms with Crippen molar-refractivity contribution in [2.75, 3.05) is 18.1 Å². The van der Waals surface area contributed by atoms with Gasteiger partial charge in [-0.2, -0.15) is 5.26 Å². The first-order chi connectivity index (χ1) is 7.74. The maximum Gasteiger partial charge on any atom is 0.142 e. The van der Waals surface area contributed by atoms with Crippen LogP contribution >= 0.6 is 0 Å². The van der Waals surface area contributed by atoms with E-state index in [4.69, 9.17) is 10.4 Å². The van der Waals surface area contributed by atoms with E-state index in [1.54, 1.807) is 17.0 Å². The summed E-state index contributed by atoms with van der Waals surface area (Å²) in [5, 5.41) is 17.9. The average Bonchev–Trinajstić information content (AvgIpc) is 2.70. The van der Waals surface area contributed by atoms with Crippen molar-refractivity contribution >= 4 is 5.69 Å². The fraction of sp³-hybridized carbons (Fsp3) is 0.455. The molecule has 1 saturated heterocycles. The predicted octanol–water partition coefficient (Wildman–Crippen LogP) is 0.862. The summed E-state index contributed by atoms with van der Waals surface area (Å²) in [6, 6.07) is 5.07. The van der Waals surface area contributed by atoms with Crippen molar-refractivity contribution in [3.63, 3.8) is 0 Å². The van der Waals surface area contributed by atoms with Crippen molar-refractivity contribution < 1.29 is 9.50 Å². The van der Waals surface area contributed by atoms with Crippen LogP contribution in [0.15, 0.2) is 18.3 Å². The zero-order valence-electron chi connectivity index (χ0n) is 8.67. The first-order valence-corrected chi connectivity index (χ1v) is 5.12. The molecule has 16 heavy (non-hydrogen) atoms. The summed E-state index contributed by atoms with van der Waals surface area (Å²) in [6.07, 6.45) is 0.935. The number of aliphatic hydroxyl groups is 1. The van der Waals surface area contributed by atoms with Crippen molar-refractivity contribution in [1.29, 1.82) is 5.26 Å². The van der Waals surface area contributed by atoms with Gasteiger partial charge in [-0.3, -0.25) is 0 Å². The van der Waals surface area contributed by atoms with Gasteiger partial charge in [0.05, 0.1) is 12.6 Å². The van der Waals surface area contributed by atoms with Gasteiger partial charge >= 0.3 is 0 Å². The molecule has 1 aliphatic heterocycles. The van der Waals surface area contributed by atoms with Crippen LogP contribution in [0.25, 0.3) is 0 Å². The number of rotatable bonds is 2. The lowest BCUT2D eigenvalue weighted by atomic mass is 10.2. The van der Waals surface area contributed by atoms with E-state index >= 15 is 0 Å². The molecule has 0 spiro atoms. The van der Waals surface area contributed by atoms with E-state index in [9.17, 15) is 4.39 Å². The highest BCUT2D eigenvalue weighted by Crippen LogP contribution is 2.26. The Bertz CT molecular complexity index is 418. The number of hydrogen-bond donors (Lipinski definition) is 1. The third-order valence-electron chi connectivity index (χ3n) is 2.76. The molecule has 1 aliphatic rings. The molecule has 0 radical (unpaired) electrons. The Labute approximate surface area is 92.9 Å². The minimum absolute atomic E-state index is 0.0787. The van der Waals surface area contributed by atoms with Gasteiger partial charge in [0.15, 0.2) is 0 Å². The lowest BCUT2D eigenvalue weighted by Crippen LogP contribution is -2.32. The molecule has 1 aromatic rings. The van der Waals surface area contributed by atoms with Crippen molar-refractivity contribution in [3.05, 3.63) is 24.0 Å². The molecule has 0 aliphatic carbocycles. The number of hydrogen-bond acceptors (Lipinski definition) is 4. The highest BCUT2D eigenvalue weighted by molar-refractivity contribution is 5.51. The second-order valence-corrected chi connectivity index (χ2v) is 3.83. The smallest absolute Gasteiger partial charge is 0.142 e. The molecule has 0 aromatic carbocycles. The summed E-state index contributed by atoms with van der Waals surface area (Å²) >= 11 is 0. The third kappa shape index (κ3) is 1.97. The van der Waals surface area contributed by atoms with Gasteiger partial charge in [0.1, 0.15) is 17.9 Å². The van der Waals surface area contributed by atoms with Crippen molar-refractivity contribution in [2.45, 2.75) is 18.6 Å². The van der Waals surface area contributed by atoms with Crippen molar-refractivity contribution in [3.8, 4) is 6.07 Å². The van der Waals surface area contributed by atoms with Crippen LogP contribution in [0.1, 0.15) is 12.1 Å². The number of anilines is 1. The molecule has 0 bridgehead atoms. The molecule has 2 atom stereocenters. The zero-order valence-corrected chi connectivity index (χ0v) is 8.67. The molecule has 1 fully saturated rings. The summed E-state index contributed by atoms with van der Waals surface area (Å²) in [4.78, 5) is 5.64. The SMILES string of the molecule is N#Cc1cc(N2C[C@@H](F)C[C@H]2CO)ccn1. The lowest BCUT2D eigenvalue weighted by molar-refractivity contribution is 0.255. The quantitative estimate of drug-likeness (QED) is 0.804. The summed E-state index contributed by atoms with van der Waals surface area (Å²) < 4.78 is 13.2. The molecule has 5 heteroatoms. The van der Waals surface area contributed by atoms with Crippen LogP contribution in [-0.4, -0.2) is 35.5 Å². The maximum absolute atomic E-state index is 13.2. The largest absolute Gasteiger partial charge is 0.394 e. The van der Waals surface area contributed by atoms with E-state index in [1.165, 1.54) is 6.20 Å². The van der Waals surface area contributed by atoms with Crippen LogP contribution in [0.4, 0.5) is 10.1 Å². The maximum atomic E-state index is 13.2. The number of nitriles is 1. The van der Waals surface area contributed by atoms with Crippen LogP contribution in [0.5, 0.6) is 0 Å². The molecule has 1 aromatic heterocycles. The first-order valence-electron chi connectivity index (χ1n) is 5.12. The minimum atomic E-state index is -0.921. The van der Waals surface area contributed by atoms with Gasteiger partial charge in [-0.25, -0.2) is 9.37 Å². The van der Waals surface area contributed by atoms with E-state index in [0.717, 1.165) is 5.69 Å². The third-order valence-corrected chi connectivity index (χ3v) is 2.76. The minimum Gasteiger partial charge on any atom is -0.394 e. The predicted molar refractivity (Wildman–Crippen MR) is 56.7 cm³/mol. The Hall–Kier alpha value is -1.67. The average molecular weight is 221 g/mol. The lowest BCUT2D eigenvalue weighted by Gasteiger charge is -2.24. The van der Waals surface area contributed by atoms with Crippen LogP contribution < -0.4 is 4.90 Å². The molecular formula is C11H12FN3O. The number of pyridine rings is 1. The normalized spacial score (nSPS) is 24.4. The van der Waals surface area contributed by atoms with Crippen LogP contribution in [0.2, 0.25) is 0 Å². The van der Waals surface area contributed by atoms with Gasteiger partial charge in [-0.15, -0.1) is 0 Å². The monoisotopic (exact) mass is 221 g/mol. The highest BCUT2D eigenvalue weighted by atomic mass is 19.1. The number of halogens is 1. The van der Waals surface area contributed by atoms with E-state index < -0.39 is 6.17 Å². The zero-order chi connectivity index (χ0) is 11.5. The molecular weight excluding hydrogens is 209 g/mol. The van der Waals surface area contributed by atoms with Crippen LogP contribution in [0.3, 0.4) is 0 Å². The summed E-state index contributed by atoms with van der Waals surface area (Å²) in [7, 11) is 0. The fourth-order valence-corrected chi connectivity index (χ4v) is 2.01. The van der Waals surface area contributed by atoms with Gasteiger partial charge in [0.2, 0.25) is 0 Å². The molecule has 4 nitrogen and oxygen atoms in total. The van der Waals surface area contributed by atoms with E-state index in [2.05, 4.69) is 4.98 Å². The Morgan fingerprint density at radius 2 is 2.50 bits per heavy atom. The van der Waals surface area contributed by atoms with Crippen molar-refractivity contribution in [2.24, 2.45) is 0 Å². The Kier molecular flexibility index (Phi) is 3.02. The standard InChI is InChI=1S/C11H12FN3O/c12-8-3-11(7-16)15(6-8)10-1-2-14-9(4-10)5-13/h1-2,4,8,11,16H,3,6-7H2/t8-,11-/m0/s1. The molecule has 1 N–H and O–H groups in total. The highest BCUT2D eigenvalue weighted by Gasteiger charge is 2.31. The molecule has 0 unspecified atom stereocenters. The van der Waals surface area contributed by atoms with Crippen molar-refractivity contribution in [1.82, 2.24) is 4.98 Å². The van der Waals surface area contributed by atoms with Crippen LogP contribution in [-0.2, 0) is 0 Å². The van der Waals surface area contributed by atoms with Gasteiger partial charge in [0, 0.05) is 24.8 Å². The number of nitrogens with zero attached hydrogens (tertiary/aromatic N) is 3. The Balaban J connectivity index is 2.26. The second-order valence-electron chi connectivity index (χ2n) is 3.83. The molecule has 84 valence electrons.